The lowest BCUT2D eigenvalue weighted by molar-refractivity contribution is -0.108. The van der Waals surface area contributed by atoms with E-state index in [1.54, 1.807) is 14.2 Å². The summed E-state index contributed by atoms with van der Waals surface area (Å²) in [6.07, 6.45) is 1.40. The molecule has 0 bridgehead atoms. The van der Waals surface area contributed by atoms with Gasteiger partial charge in [0.05, 0.1) is 18.7 Å². The van der Waals surface area contributed by atoms with Gasteiger partial charge in [-0.15, -0.1) is 0 Å². The predicted octanol–water partition coefficient (Wildman–Crippen LogP) is 3.16. The Hall–Kier alpha value is -1.03. The maximum absolute atomic E-state index is 10.5. The van der Waals surface area contributed by atoms with E-state index in [9.17, 15) is 4.79 Å². The standard InChI is InChI=1S/C12H15BrO3/c1-8(4-5-14)9-6-10(13)12(16-3)7-11(9)15-2/h5-8H,4H2,1-3H3. The number of rotatable bonds is 5. The molecule has 0 aromatic heterocycles. The van der Waals surface area contributed by atoms with E-state index in [1.165, 1.54) is 0 Å². The molecule has 0 heterocycles. The maximum atomic E-state index is 10.5. The first-order chi connectivity index (χ1) is 7.63. The molecule has 0 saturated heterocycles. The summed E-state index contributed by atoms with van der Waals surface area (Å²) >= 11 is 3.42. The van der Waals surface area contributed by atoms with Crippen LogP contribution >= 0.6 is 15.9 Å². The molecule has 3 nitrogen and oxygen atoms in total. The van der Waals surface area contributed by atoms with Crippen LogP contribution in [0, 0.1) is 0 Å². The zero-order valence-electron chi connectivity index (χ0n) is 9.62. The highest BCUT2D eigenvalue weighted by molar-refractivity contribution is 9.10. The van der Waals surface area contributed by atoms with Crippen LogP contribution in [0.1, 0.15) is 24.8 Å². The Kier molecular flexibility index (Phi) is 4.80. The van der Waals surface area contributed by atoms with E-state index in [0.717, 1.165) is 27.8 Å². The second-order valence-electron chi connectivity index (χ2n) is 3.53. The van der Waals surface area contributed by atoms with Crippen molar-refractivity contribution in [3.63, 3.8) is 0 Å². The fraction of sp³-hybridized carbons (Fsp3) is 0.417. The third-order valence-electron chi connectivity index (χ3n) is 2.48. The largest absolute Gasteiger partial charge is 0.496 e. The molecule has 1 aromatic carbocycles. The van der Waals surface area contributed by atoms with Crippen LogP contribution in [-0.2, 0) is 4.79 Å². The second-order valence-corrected chi connectivity index (χ2v) is 4.39. The van der Waals surface area contributed by atoms with Gasteiger partial charge in [0.1, 0.15) is 17.8 Å². The molecule has 88 valence electrons. The Morgan fingerprint density at radius 1 is 1.31 bits per heavy atom. The third-order valence-corrected chi connectivity index (χ3v) is 3.10. The Morgan fingerprint density at radius 3 is 2.44 bits per heavy atom. The zero-order chi connectivity index (χ0) is 12.1. The van der Waals surface area contributed by atoms with E-state index in [1.807, 2.05) is 19.1 Å². The molecule has 1 rings (SSSR count). The minimum atomic E-state index is 0.134. The van der Waals surface area contributed by atoms with Crippen LogP contribution in [0.25, 0.3) is 0 Å². The molecule has 0 radical (unpaired) electrons. The molecule has 1 unspecified atom stereocenters. The summed E-state index contributed by atoms with van der Waals surface area (Å²) in [5.74, 6) is 1.60. The minimum Gasteiger partial charge on any atom is -0.496 e. The summed E-state index contributed by atoms with van der Waals surface area (Å²) in [5.41, 5.74) is 1.00. The SMILES string of the molecule is COc1cc(OC)c(C(C)CC=O)cc1Br. The van der Waals surface area contributed by atoms with Crippen LogP contribution in [-0.4, -0.2) is 20.5 Å². The van der Waals surface area contributed by atoms with Gasteiger partial charge >= 0.3 is 0 Å². The Bertz CT molecular complexity index is 377. The third kappa shape index (κ3) is 2.76. The van der Waals surface area contributed by atoms with Crippen molar-refractivity contribution < 1.29 is 14.3 Å². The highest BCUT2D eigenvalue weighted by atomic mass is 79.9. The first kappa shape index (κ1) is 13.0. The fourth-order valence-electron chi connectivity index (χ4n) is 1.54. The summed E-state index contributed by atoms with van der Waals surface area (Å²) in [5, 5.41) is 0. The second kappa shape index (κ2) is 5.89. The number of benzene rings is 1. The van der Waals surface area contributed by atoms with Gasteiger partial charge in [0.2, 0.25) is 0 Å². The van der Waals surface area contributed by atoms with Crippen LogP contribution in [0.15, 0.2) is 16.6 Å². The van der Waals surface area contributed by atoms with E-state index in [0.29, 0.717) is 6.42 Å². The first-order valence-electron chi connectivity index (χ1n) is 4.99. The molecule has 0 N–H and O–H groups in total. The monoisotopic (exact) mass is 286 g/mol. The van der Waals surface area contributed by atoms with Crippen molar-refractivity contribution in [1.82, 2.24) is 0 Å². The van der Waals surface area contributed by atoms with Gasteiger partial charge in [-0.25, -0.2) is 0 Å². The number of aldehydes is 1. The van der Waals surface area contributed by atoms with E-state index in [4.69, 9.17) is 9.47 Å². The van der Waals surface area contributed by atoms with Gasteiger partial charge in [0.15, 0.2) is 0 Å². The van der Waals surface area contributed by atoms with E-state index in [-0.39, 0.29) is 5.92 Å². The fourth-order valence-corrected chi connectivity index (χ4v) is 2.06. The topological polar surface area (TPSA) is 35.5 Å². The molecule has 0 aliphatic carbocycles. The number of ether oxygens (including phenoxy) is 2. The number of hydrogen-bond donors (Lipinski definition) is 0. The molecule has 1 atom stereocenters. The lowest BCUT2D eigenvalue weighted by Gasteiger charge is -2.15. The van der Waals surface area contributed by atoms with Crippen molar-refractivity contribution in [3.8, 4) is 11.5 Å². The van der Waals surface area contributed by atoms with Gasteiger partial charge in [0, 0.05) is 12.5 Å². The summed E-state index contributed by atoms with van der Waals surface area (Å²) in [4.78, 5) is 10.5. The molecule has 0 aliphatic heterocycles. The molecule has 1 aromatic rings. The van der Waals surface area contributed by atoms with Gasteiger partial charge in [0.25, 0.3) is 0 Å². The number of hydrogen-bond acceptors (Lipinski definition) is 3. The van der Waals surface area contributed by atoms with Gasteiger partial charge in [-0.1, -0.05) is 6.92 Å². The summed E-state index contributed by atoms with van der Waals surface area (Å²) in [6.45, 7) is 1.99. The van der Waals surface area contributed by atoms with Crippen molar-refractivity contribution in [3.05, 3.63) is 22.2 Å². The molecule has 0 spiro atoms. The smallest absolute Gasteiger partial charge is 0.136 e. The van der Waals surface area contributed by atoms with Crippen molar-refractivity contribution in [2.24, 2.45) is 0 Å². The van der Waals surface area contributed by atoms with Crippen LogP contribution in [0.4, 0.5) is 0 Å². The van der Waals surface area contributed by atoms with Gasteiger partial charge in [-0.2, -0.15) is 0 Å². The Balaban J connectivity index is 3.17. The average Bonchev–Trinajstić information content (AvgIpc) is 2.29. The van der Waals surface area contributed by atoms with Crippen molar-refractivity contribution in [2.75, 3.05) is 14.2 Å². The Labute approximate surface area is 104 Å². The van der Waals surface area contributed by atoms with E-state index in [2.05, 4.69) is 15.9 Å². The number of carbonyl (C=O) groups excluding carboxylic acids is 1. The zero-order valence-corrected chi connectivity index (χ0v) is 11.2. The van der Waals surface area contributed by atoms with Crippen LogP contribution in [0.2, 0.25) is 0 Å². The van der Waals surface area contributed by atoms with E-state index >= 15 is 0 Å². The molecular weight excluding hydrogens is 272 g/mol. The summed E-state index contributed by atoms with van der Waals surface area (Å²) < 4.78 is 11.3. The van der Waals surface area contributed by atoms with Crippen molar-refractivity contribution >= 4 is 22.2 Å². The van der Waals surface area contributed by atoms with Crippen LogP contribution < -0.4 is 9.47 Å². The van der Waals surface area contributed by atoms with Crippen molar-refractivity contribution in [1.29, 1.82) is 0 Å². The van der Waals surface area contributed by atoms with Gasteiger partial charge in [-0.05, 0) is 33.5 Å². The lowest BCUT2D eigenvalue weighted by atomic mass is 9.97. The van der Waals surface area contributed by atoms with Crippen LogP contribution in [0.5, 0.6) is 11.5 Å². The highest BCUT2D eigenvalue weighted by Crippen LogP contribution is 2.37. The number of halogens is 1. The summed E-state index contributed by atoms with van der Waals surface area (Å²) in [7, 11) is 3.22. The maximum Gasteiger partial charge on any atom is 0.136 e. The minimum absolute atomic E-state index is 0.134. The van der Waals surface area contributed by atoms with E-state index < -0.39 is 0 Å². The normalized spacial score (nSPS) is 12.0. The Morgan fingerprint density at radius 2 is 1.94 bits per heavy atom. The molecule has 0 fully saturated rings. The quantitative estimate of drug-likeness (QED) is 0.780. The van der Waals surface area contributed by atoms with Crippen molar-refractivity contribution in [2.45, 2.75) is 19.3 Å². The number of methoxy groups -OCH3 is 2. The average molecular weight is 287 g/mol. The molecule has 0 saturated carbocycles. The molecular formula is C12H15BrO3. The predicted molar refractivity (Wildman–Crippen MR) is 66.3 cm³/mol. The molecule has 0 amide bonds. The van der Waals surface area contributed by atoms with Gasteiger partial charge < -0.3 is 14.3 Å². The first-order valence-corrected chi connectivity index (χ1v) is 5.78. The highest BCUT2D eigenvalue weighted by Gasteiger charge is 2.14. The molecule has 16 heavy (non-hydrogen) atoms. The van der Waals surface area contributed by atoms with Crippen LogP contribution in [0.3, 0.4) is 0 Å². The molecule has 0 aliphatic rings. The van der Waals surface area contributed by atoms with Gasteiger partial charge in [-0.3, -0.25) is 0 Å². The number of carbonyl (C=O) groups is 1. The summed E-state index contributed by atoms with van der Waals surface area (Å²) in [6, 6.07) is 3.76. The lowest BCUT2D eigenvalue weighted by Crippen LogP contribution is -1.99. The molecule has 4 heteroatoms.